The smallest absolute Gasteiger partial charge is 0.236 e. The maximum absolute atomic E-state index is 11.1. The van der Waals surface area contributed by atoms with Gasteiger partial charge in [-0.25, -0.2) is 0 Å². The fraction of sp³-hybridized carbons (Fsp3) is 0.875. The van der Waals surface area contributed by atoms with Gasteiger partial charge in [-0.05, 0) is 25.7 Å². The molecular weight excluding hydrogens is 140 g/mol. The van der Waals surface area contributed by atoms with E-state index in [9.17, 15) is 4.79 Å². The van der Waals surface area contributed by atoms with Crippen LogP contribution in [-0.4, -0.2) is 30.4 Å². The summed E-state index contributed by atoms with van der Waals surface area (Å²) in [6.45, 7) is 2.22. The molecule has 11 heavy (non-hydrogen) atoms. The largest absolute Gasteiger partial charge is 0.342 e. The van der Waals surface area contributed by atoms with Crippen molar-refractivity contribution in [2.24, 2.45) is 11.7 Å². The van der Waals surface area contributed by atoms with Crippen LogP contribution in [-0.2, 0) is 4.79 Å². The Kier molecular flexibility index (Phi) is 2.49. The second kappa shape index (κ2) is 3.22. The lowest BCUT2D eigenvalue weighted by Gasteiger charge is -2.24. The normalized spacial score (nSPS) is 19.5. The van der Waals surface area contributed by atoms with Crippen LogP contribution in [0.5, 0.6) is 0 Å². The highest BCUT2D eigenvalue weighted by Crippen LogP contribution is 2.34. The van der Waals surface area contributed by atoms with Crippen LogP contribution in [0.1, 0.15) is 19.8 Å². The monoisotopic (exact) mass is 156 g/mol. The Morgan fingerprint density at radius 3 is 2.64 bits per heavy atom. The molecule has 1 aliphatic carbocycles. The second-order valence-corrected chi connectivity index (χ2v) is 3.29. The van der Waals surface area contributed by atoms with Crippen molar-refractivity contribution in [2.75, 3.05) is 13.6 Å². The van der Waals surface area contributed by atoms with Crippen LogP contribution in [0.25, 0.3) is 0 Å². The summed E-state index contributed by atoms with van der Waals surface area (Å²) >= 11 is 0. The van der Waals surface area contributed by atoms with Gasteiger partial charge < -0.3 is 10.6 Å². The Hall–Kier alpha value is -0.570. The van der Waals surface area contributed by atoms with Gasteiger partial charge in [0.15, 0.2) is 0 Å². The van der Waals surface area contributed by atoms with E-state index < -0.39 is 0 Å². The van der Waals surface area contributed by atoms with Crippen molar-refractivity contribution in [3.63, 3.8) is 0 Å². The molecule has 0 bridgehead atoms. The average molecular weight is 156 g/mol. The first-order chi connectivity index (χ1) is 5.16. The number of likely N-dealkylation sites (N-methyl/N-ethyl adjacent to an activating group) is 1. The van der Waals surface area contributed by atoms with Gasteiger partial charge in [0.2, 0.25) is 5.91 Å². The SMILES string of the molecule is CC(C1CC1)N(C)C(=O)CN. The highest BCUT2D eigenvalue weighted by molar-refractivity contribution is 5.78. The van der Waals surface area contributed by atoms with E-state index in [1.165, 1.54) is 12.8 Å². The molecule has 1 aliphatic rings. The third-order valence-electron chi connectivity index (χ3n) is 2.48. The second-order valence-electron chi connectivity index (χ2n) is 3.29. The van der Waals surface area contributed by atoms with Crippen molar-refractivity contribution in [2.45, 2.75) is 25.8 Å². The fourth-order valence-corrected chi connectivity index (χ4v) is 1.27. The number of rotatable bonds is 3. The molecule has 1 amide bonds. The summed E-state index contributed by atoms with van der Waals surface area (Å²) in [5.74, 6) is 0.778. The summed E-state index contributed by atoms with van der Waals surface area (Å²) < 4.78 is 0. The molecule has 1 rings (SSSR count). The summed E-state index contributed by atoms with van der Waals surface area (Å²) in [5, 5.41) is 0. The van der Waals surface area contributed by atoms with E-state index in [2.05, 4.69) is 6.92 Å². The molecule has 0 aromatic rings. The molecule has 0 heterocycles. The highest BCUT2D eigenvalue weighted by atomic mass is 16.2. The van der Waals surface area contributed by atoms with Gasteiger partial charge in [0.05, 0.1) is 6.54 Å². The van der Waals surface area contributed by atoms with Crippen molar-refractivity contribution in [3.8, 4) is 0 Å². The fourth-order valence-electron chi connectivity index (χ4n) is 1.27. The summed E-state index contributed by atoms with van der Waals surface area (Å²) in [7, 11) is 1.83. The molecule has 64 valence electrons. The average Bonchev–Trinajstić information content (AvgIpc) is 2.82. The van der Waals surface area contributed by atoms with Crippen molar-refractivity contribution < 1.29 is 4.79 Å². The maximum Gasteiger partial charge on any atom is 0.236 e. The van der Waals surface area contributed by atoms with E-state index >= 15 is 0 Å². The molecule has 0 aromatic carbocycles. The maximum atomic E-state index is 11.1. The van der Waals surface area contributed by atoms with E-state index in [1.807, 2.05) is 7.05 Å². The van der Waals surface area contributed by atoms with Crippen LogP contribution in [0.4, 0.5) is 0 Å². The van der Waals surface area contributed by atoms with Crippen LogP contribution < -0.4 is 5.73 Å². The van der Waals surface area contributed by atoms with Crippen LogP contribution in [0.2, 0.25) is 0 Å². The van der Waals surface area contributed by atoms with Gasteiger partial charge in [-0.15, -0.1) is 0 Å². The minimum absolute atomic E-state index is 0.0457. The molecule has 1 saturated carbocycles. The summed E-state index contributed by atoms with van der Waals surface area (Å²) in [4.78, 5) is 12.8. The van der Waals surface area contributed by atoms with Crippen molar-refractivity contribution >= 4 is 5.91 Å². The van der Waals surface area contributed by atoms with E-state index in [0.717, 1.165) is 5.92 Å². The number of nitrogens with zero attached hydrogens (tertiary/aromatic N) is 1. The van der Waals surface area contributed by atoms with Gasteiger partial charge in [0.25, 0.3) is 0 Å². The topological polar surface area (TPSA) is 46.3 Å². The first-order valence-electron chi connectivity index (χ1n) is 4.12. The third-order valence-corrected chi connectivity index (χ3v) is 2.48. The zero-order chi connectivity index (χ0) is 8.43. The predicted molar refractivity (Wildman–Crippen MR) is 44.0 cm³/mol. The lowest BCUT2D eigenvalue weighted by atomic mass is 10.2. The first kappa shape index (κ1) is 8.53. The van der Waals surface area contributed by atoms with E-state index in [-0.39, 0.29) is 12.5 Å². The minimum atomic E-state index is 0.0457. The van der Waals surface area contributed by atoms with Crippen molar-refractivity contribution in [3.05, 3.63) is 0 Å². The molecule has 3 heteroatoms. The molecular formula is C8H16N2O. The molecule has 0 radical (unpaired) electrons. The zero-order valence-corrected chi connectivity index (χ0v) is 7.21. The lowest BCUT2D eigenvalue weighted by molar-refractivity contribution is -0.130. The standard InChI is InChI=1S/C8H16N2O/c1-6(7-3-4-7)10(2)8(11)5-9/h6-7H,3-5,9H2,1-2H3. The van der Waals surface area contributed by atoms with E-state index in [0.29, 0.717) is 6.04 Å². The quantitative estimate of drug-likeness (QED) is 0.634. The number of nitrogens with two attached hydrogens (primary N) is 1. The minimum Gasteiger partial charge on any atom is -0.342 e. The molecule has 0 aliphatic heterocycles. The summed E-state index contributed by atoms with van der Waals surface area (Å²) in [6.07, 6.45) is 2.53. The molecule has 1 atom stereocenters. The van der Waals surface area contributed by atoms with Crippen LogP contribution >= 0.6 is 0 Å². The van der Waals surface area contributed by atoms with E-state index in [4.69, 9.17) is 5.73 Å². The number of carbonyl (C=O) groups excluding carboxylic acids is 1. The lowest BCUT2D eigenvalue weighted by Crippen LogP contribution is -2.40. The number of hydrogen-bond acceptors (Lipinski definition) is 2. The first-order valence-corrected chi connectivity index (χ1v) is 4.12. The zero-order valence-electron chi connectivity index (χ0n) is 7.21. The van der Waals surface area contributed by atoms with E-state index in [1.54, 1.807) is 4.90 Å². The van der Waals surface area contributed by atoms with Gasteiger partial charge >= 0.3 is 0 Å². The molecule has 3 nitrogen and oxygen atoms in total. The predicted octanol–water partition coefficient (Wildman–Crippen LogP) is 0.202. The Bertz CT molecular complexity index is 154. The van der Waals surface area contributed by atoms with Crippen LogP contribution in [0.3, 0.4) is 0 Å². The Labute approximate surface area is 67.5 Å². The third kappa shape index (κ3) is 1.93. The molecule has 1 fully saturated rings. The number of hydrogen-bond donors (Lipinski definition) is 1. The summed E-state index contributed by atoms with van der Waals surface area (Å²) in [5.41, 5.74) is 5.24. The van der Waals surface area contributed by atoms with Gasteiger partial charge in [0.1, 0.15) is 0 Å². The molecule has 1 unspecified atom stereocenters. The molecule has 2 N–H and O–H groups in total. The highest BCUT2D eigenvalue weighted by Gasteiger charge is 2.31. The Balaban J connectivity index is 2.38. The summed E-state index contributed by atoms with van der Waals surface area (Å²) in [6, 6.07) is 0.381. The number of amides is 1. The number of carbonyl (C=O) groups is 1. The molecule has 0 spiro atoms. The van der Waals surface area contributed by atoms with Crippen LogP contribution in [0.15, 0.2) is 0 Å². The van der Waals surface area contributed by atoms with Gasteiger partial charge in [-0.3, -0.25) is 4.79 Å². The molecule has 0 saturated heterocycles. The molecule has 0 aromatic heterocycles. The van der Waals surface area contributed by atoms with Crippen LogP contribution in [0, 0.1) is 5.92 Å². The van der Waals surface area contributed by atoms with Crippen molar-refractivity contribution in [1.82, 2.24) is 4.90 Å². The van der Waals surface area contributed by atoms with Gasteiger partial charge in [0, 0.05) is 13.1 Å². The van der Waals surface area contributed by atoms with Crippen molar-refractivity contribution in [1.29, 1.82) is 0 Å². The van der Waals surface area contributed by atoms with Gasteiger partial charge in [-0.2, -0.15) is 0 Å². The van der Waals surface area contributed by atoms with Gasteiger partial charge in [-0.1, -0.05) is 0 Å². The Morgan fingerprint density at radius 1 is 1.73 bits per heavy atom. The Morgan fingerprint density at radius 2 is 2.27 bits per heavy atom.